The van der Waals surface area contributed by atoms with Crippen molar-refractivity contribution in [1.82, 2.24) is 4.90 Å². The summed E-state index contributed by atoms with van der Waals surface area (Å²) in [4.78, 5) is 52.0. The Balaban J connectivity index is 1.60. The van der Waals surface area contributed by atoms with Crippen LogP contribution < -0.4 is 5.32 Å². The molecule has 2 aromatic rings. The van der Waals surface area contributed by atoms with Crippen molar-refractivity contribution in [3.63, 3.8) is 0 Å². The smallest absolute Gasteiger partial charge is 0.270 e. The highest BCUT2D eigenvalue weighted by molar-refractivity contribution is 6.14. The molecule has 1 aliphatic carbocycles. The fraction of sp³-hybridized carbons (Fsp3) is 0.320. The fourth-order valence-electron chi connectivity index (χ4n) is 4.31. The highest BCUT2D eigenvalue weighted by Gasteiger charge is 2.37. The van der Waals surface area contributed by atoms with Gasteiger partial charge in [-0.25, -0.2) is 0 Å². The molecule has 1 fully saturated rings. The number of allylic oxidation sites excluding steroid dienone is 2. The average Bonchev–Trinajstić information content (AvgIpc) is 2.89. The van der Waals surface area contributed by atoms with E-state index in [1.54, 1.807) is 35.2 Å². The Kier molecular flexibility index (Phi) is 7.12. The van der Waals surface area contributed by atoms with Gasteiger partial charge < -0.3 is 15.0 Å². The van der Waals surface area contributed by atoms with Crippen LogP contribution in [0.1, 0.15) is 28.8 Å². The SMILES string of the molecule is O=C(c1ccccc1)c1cc([N+](=O)[O-])ccc1NC(=O)C1CC=CCC1C(=O)N1CCOCC1. The molecular weight excluding hydrogens is 438 g/mol. The highest BCUT2D eigenvalue weighted by atomic mass is 16.6. The topological polar surface area (TPSA) is 119 Å². The summed E-state index contributed by atoms with van der Waals surface area (Å²) in [6.07, 6.45) is 4.62. The minimum absolute atomic E-state index is 0.0242. The van der Waals surface area contributed by atoms with Gasteiger partial charge in [-0.15, -0.1) is 0 Å². The number of non-ortho nitro benzene ring substituents is 1. The zero-order valence-corrected chi connectivity index (χ0v) is 18.5. The summed E-state index contributed by atoms with van der Waals surface area (Å²) in [5, 5.41) is 14.1. The molecule has 1 saturated heterocycles. The summed E-state index contributed by atoms with van der Waals surface area (Å²) in [6, 6.07) is 12.1. The first-order valence-corrected chi connectivity index (χ1v) is 11.2. The van der Waals surface area contributed by atoms with E-state index in [4.69, 9.17) is 4.74 Å². The first kappa shape index (κ1) is 23.3. The molecule has 2 atom stereocenters. The highest BCUT2D eigenvalue weighted by Crippen LogP contribution is 2.31. The van der Waals surface area contributed by atoms with Crippen LogP contribution in [-0.4, -0.2) is 53.7 Å². The summed E-state index contributed by atoms with van der Waals surface area (Å²) in [6.45, 7) is 1.93. The molecule has 0 aromatic heterocycles. The van der Waals surface area contributed by atoms with Gasteiger partial charge in [-0.05, 0) is 18.9 Å². The maximum Gasteiger partial charge on any atom is 0.270 e. The number of ether oxygens (including phenoxy) is 1. The first-order chi connectivity index (χ1) is 16.5. The molecule has 0 spiro atoms. The number of rotatable bonds is 6. The van der Waals surface area contributed by atoms with Gasteiger partial charge >= 0.3 is 0 Å². The number of carbonyl (C=O) groups is 3. The molecule has 1 heterocycles. The third kappa shape index (κ3) is 5.04. The molecule has 2 unspecified atom stereocenters. The average molecular weight is 463 g/mol. The second-order valence-corrected chi connectivity index (χ2v) is 8.26. The van der Waals surface area contributed by atoms with E-state index in [1.165, 1.54) is 18.2 Å². The number of carbonyl (C=O) groups excluding carboxylic acids is 3. The number of hydrogen-bond donors (Lipinski definition) is 1. The number of amides is 2. The van der Waals surface area contributed by atoms with E-state index in [2.05, 4.69) is 5.32 Å². The van der Waals surface area contributed by atoms with Gasteiger partial charge in [-0.3, -0.25) is 24.5 Å². The van der Waals surface area contributed by atoms with Gasteiger partial charge in [0.2, 0.25) is 11.8 Å². The van der Waals surface area contributed by atoms with Crippen LogP contribution in [0.15, 0.2) is 60.7 Å². The standard InChI is InChI=1S/C25H25N3O6/c29-23(17-6-2-1-3-7-17)21-16-18(28(32)33)10-11-22(21)26-24(30)19-8-4-5-9-20(19)25(31)27-12-14-34-15-13-27/h1-7,10-11,16,19-20H,8-9,12-15H2,(H,26,30). The van der Waals surface area contributed by atoms with Crippen LogP contribution >= 0.6 is 0 Å². The number of morpholine rings is 1. The summed E-state index contributed by atoms with van der Waals surface area (Å²) in [5.74, 6) is -2.06. The third-order valence-corrected chi connectivity index (χ3v) is 6.16. The van der Waals surface area contributed by atoms with Gasteiger partial charge in [0.15, 0.2) is 5.78 Å². The van der Waals surface area contributed by atoms with Gasteiger partial charge in [-0.2, -0.15) is 0 Å². The maximum atomic E-state index is 13.3. The molecule has 1 aliphatic heterocycles. The number of hydrogen-bond acceptors (Lipinski definition) is 6. The molecule has 9 nitrogen and oxygen atoms in total. The summed E-state index contributed by atoms with van der Waals surface area (Å²) < 4.78 is 5.32. The van der Waals surface area contributed by atoms with E-state index in [9.17, 15) is 24.5 Å². The van der Waals surface area contributed by atoms with Crippen LogP contribution in [0.5, 0.6) is 0 Å². The molecule has 0 radical (unpaired) electrons. The van der Waals surface area contributed by atoms with Crippen molar-refractivity contribution in [2.45, 2.75) is 12.8 Å². The summed E-state index contributed by atoms with van der Waals surface area (Å²) in [5.41, 5.74) is 0.297. The van der Waals surface area contributed by atoms with Crippen molar-refractivity contribution >= 4 is 29.0 Å². The van der Waals surface area contributed by atoms with Crippen molar-refractivity contribution in [1.29, 1.82) is 0 Å². The van der Waals surface area contributed by atoms with Gasteiger partial charge in [-0.1, -0.05) is 42.5 Å². The zero-order valence-electron chi connectivity index (χ0n) is 18.5. The number of benzene rings is 2. The number of anilines is 1. The minimum Gasteiger partial charge on any atom is -0.378 e. The predicted octanol–water partition coefficient (Wildman–Crippen LogP) is 3.21. The summed E-state index contributed by atoms with van der Waals surface area (Å²) >= 11 is 0. The first-order valence-electron chi connectivity index (χ1n) is 11.2. The Labute approximate surface area is 196 Å². The number of nitro groups is 1. The molecule has 2 aliphatic rings. The molecule has 1 N–H and O–H groups in total. The Morgan fingerprint density at radius 1 is 0.971 bits per heavy atom. The van der Waals surface area contributed by atoms with Gasteiger partial charge in [0.05, 0.1) is 41.2 Å². The van der Waals surface area contributed by atoms with Gasteiger partial charge in [0.1, 0.15) is 0 Å². The minimum atomic E-state index is -0.616. The lowest BCUT2D eigenvalue weighted by atomic mass is 9.81. The van der Waals surface area contributed by atoms with E-state index in [0.717, 1.165) is 0 Å². The number of nitrogens with one attached hydrogen (secondary N) is 1. The van der Waals surface area contributed by atoms with Crippen LogP contribution in [0, 0.1) is 22.0 Å². The molecule has 0 bridgehead atoms. The van der Waals surface area contributed by atoms with E-state index in [0.29, 0.717) is 44.7 Å². The zero-order chi connectivity index (χ0) is 24.1. The Hall–Kier alpha value is -3.85. The number of nitro benzene ring substituents is 1. The van der Waals surface area contributed by atoms with E-state index in [-0.39, 0.29) is 22.8 Å². The lowest BCUT2D eigenvalue weighted by Gasteiger charge is -2.34. The van der Waals surface area contributed by atoms with Crippen LogP contribution in [0.3, 0.4) is 0 Å². The Bertz CT molecular complexity index is 1120. The molecule has 176 valence electrons. The maximum absolute atomic E-state index is 13.3. The van der Waals surface area contributed by atoms with Crippen molar-refractivity contribution in [3.05, 3.63) is 81.9 Å². The fourth-order valence-corrected chi connectivity index (χ4v) is 4.31. The second-order valence-electron chi connectivity index (χ2n) is 8.26. The third-order valence-electron chi connectivity index (χ3n) is 6.16. The van der Waals surface area contributed by atoms with E-state index < -0.39 is 28.4 Å². The van der Waals surface area contributed by atoms with Gasteiger partial charge in [0.25, 0.3) is 5.69 Å². The monoisotopic (exact) mass is 463 g/mol. The van der Waals surface area contributed by atoms with Crippen LogP contribution in [-0.2, 0) is 14.3 Å². The van der Waals surface area contributed by atoms with Crippen molar-refractivity contribution in [3.8, 4) is 0 Å². The lowest BCUT2D eigenvalue weighted by Crippen LogP contribution is -2.47. The molecule has 0 saturated carbocycles. The second kappa shape index (κ2) is 10.4. The lowest BCUT2D eigenvalue weighted by molar-refractivity contribution is -0.384. The van der Waals surface area contributed by atoms with Crippen LogP contribution in [0.25, 0.3) is 0 Å². The Morgan fingerprint density at radius 2 is 1.65 bits per heavy atom. The molecular formula is C25H25N3O6. The predicted molar refractivity (Wildman–Crippen MR) is 124 cm³/mol. The number of ketones is 1. The van der Waals surface area contributed by atoms with Crippen LogP contribution in [0.2, 0.25) is 0 Å². The van der Waals surface area contributed by atoms with Crippen LogP contribution in [0.4, 0.5) is 11.4 Å². The largest absolute Gasteiger partial charge is 0.378 e. The quantitative estimate of drug-likeness (QED) is 0.304. The van der Waals surface area contributed by atoms with Crippen molar-refractivity contribution in [2.75, 3.05) is 31.6 Å². The number of nitrogens with zero attached hydrogens (tertiary/aromatic N) is 2. The van der Waals surface area contributed by atoms with E-state index in [1.807, 2.05) is 12.2 Å². The molecule has 4 rings (SSSR count). The summed E-state index contributed by atoms with van der Waals surface area (Å²) in [7, 11) is 0. The molecule has 2 aromatic carbocycles. The molecule has 2 amide bonds. The molecule has 34 heavy (non-hydrogen) atoms. The van der Waals surface area contributed by atoms with Gasteiger partial charge in [0, 0.05) is 30.8 Å². The van der Waals surface area contributed by atoms with Crippen molar-refractivity contribution in [2.24, 2.45) is 11.8 Å². The molecule has 9 heteroatoms. The Morgan fingerprint density at radius 3 is 2.32 bits per heavy atom. The van der Waals surface area contributed by atoms with E-state index >= 15 is 0 Å². The van der Waals surface area contributed by atoms with Crippen molar-refractivity contribution < 1.29 is 24.0 Å². The normalized spacial score (nSPS) is 19.9.